The molecule has 0 aliphatic carbocycles. The molecule has 0 amide bonds. The number of oxazole rings is 1. The normalized spacial score (nSPS) is 17.7. The largest absolute Gasteiger partial charge is 0.441 e. The van der Waals surface area contributed by atoms with Crippen molar-refractivity contribution in [3.05, 3.63) is 66.1 Å². The fourth-order valence-corrected chi connectivity index (χ4v) is 4.07. The number of aliphatic hydroxyl groups is 1. The molecule has 1 aliphatic heterocycles. The molecule has 1 N–H and O–H groups in total. The van der Waals surface area contributed by atoms with Gasteiger partial charge in [-0.05, 0) is 56.0 Å². The van der Waals surface area contributed by atoms with Crippen molar-refractivity contribution in [1.82, 2.24) is 9.88 Å². The lowest BCUT2D eigenvalue weighted by atomic mass is 9.99. The second-order valence-corrected chi connectivity index (χ2v) is 7.60. The molecule has 0 spiro atoms. The van der Waals surface area contributed by atoms with E-state index in [1.165, 1.54) is 24.0 Å². The third kappa shape index (κ3) is 4.18. The lowest BCUT2D eigenvalue weighted by Crippen LogP contribution is -2.39. The van der Waals surface area contributed by atoms with E-state index >= 15 is 0 Å². The summed E-state index contributed by atoms with van der Waals surface area (Å²) in [5, 5.41) is 9.35. The van der Waals surface area contributed by atoms with Crippen molar-refractivity contribution in [1.29, 1.82) is 0 Å². The number of rotatable bonds is 6. The maximum Gasteiger partial charge on any atom is 0.226 e. The Bertz CT molecular complexity index is 885. The first-order valence-electron chi connectivity index (χ1n) is 10.2. The van der Waals surface area contributed by atoms with Gasteiger partial charge in [0.15, 0.2) is 0 Å². The van der Waals surface area contributed by atoms with Crippen molar-refractivity contribution in [2.45, 2.75) is 45.2 Å². The number of likely N-dealkylation sites (tertiary alicyclic amines) is 1. The van der Waals surface area contributed by atoms with Gasteiger partial charge < -0.3 is 9.52 Å². The number of aromatic nitrogens is 1. The van der Waals surface area contributed by atoms with Gasteiger partial charge in [0, 0.05) is 24.8 Å². The maximum atomic E-state index is 9.35. The van der Waals surface area contributed by atoms with Crippen LogP contribution in [0.1, 0.15) is 37.1 Å². The summed E-state index contributed by atoms with van der Waals surface area (Å²) >= 11 is 0. The summed E-state index contributed by atoms with van der Waals surface area (Å²) in [5.74, 6) is 1.57. The number of aryl methyl sites for hydroxylation is 1. The Morgan fingerprint density at radius 3 is 2.46 bits per heavy atom. The lowest BCUT2D eigenvalue weighted by molar-refractivity contribution is 0.111. The van der Waals surface area contributed by atoms with Gasteiger partial charge in [-0.2, -0.15) is 0 Å². The molecule has 4 heteroatoms. The van der Waals surface area contributed by atoms with Gasteiger partial charge in [0.25, 0.3) is 0 Å². The van der Waals surface area contributed by atoms with E-state index in [0.717, 1.165) is 42.9 Å². The minimum atomic E-state index is 0.248. The second-order valence-electron chi connectivity index (χ2n) is 7.60. The van der Waals surface area contributed by atoms with Gasteiger partial charge in [-0.15, -0.1) is 0 Å². The van der Waals surface area contributed by atoms with E-state index in [-0.39, 0.29) is 6.61 Å². The summed E-state index contributed by atoms with van der Waals surface area (Å²) < 4.78 is 6.00. The molecule has 0 bridgehead atoms. The standard InChI is InChI=1S/C24H28N2O2/c1-18-23(17-26-15-6-5-9-22(26)14-16-27)25-24(28-18)21-12-10-20(11-13-21)19-7-3-2-4-8-19/h2-4,7-8,10-13,22,27H,5-6,9,14-17H2,1H3. The first-order valence-corrected chi connectivity index (χ1v) is 10.2. The van der Waals surface area contributed by atoms with Crippen LogP contribution >= 0.6 is 0 Å². The smallest absolute Gasteiger partial charge is 0.226 e. The highest BCUT2D eigenvalue weighted by Crippen LogP contribution is 2.28. The average molecular weight is 377 g/mol. The van der Waals surface area contributed by atoms with Crippen LogP contribution in [-0.2, 0) is 6.54 Å². The Labute approximate surface area is 166 Å². The molecule has 3 aromatic rings. The van der Waals surface area contributed by atoms with Crippen LogP contribution in [0.2, 0.25) is 0 Å². The summed E-state index contributed by atoms with van der Waals surface area (Å²) in [7, 11) is 0. The molecule has 4 rings (SSSR count). The van der Waals surface area contributed by atoms with E-state index in [2.05, 4.69) is 53.4 Å². The van der Waals surface area contributed by atoms with Crippen molar-refractivity contribution in [2.75, 3.05) is 13.2 Å². The summed E-state index contributed by atoms with van der Waals surface area (Å²) in [6.07, 6.45) is 4.46. The number of hydrogen-bond acceptors (Lipinski definition) is 4. The van der Waals surface area contributed by atoms with Crippen molar-refractivity contribution in [3.8, 4) is 22.6 Å². The molecular weight excluding hydrogens is 348 g/mol. The molecule has 1 unspecified atom stereocenters. The third-order valence-corrected chi connectivity index (χ3v) is 5.70. The summed E-state index contributed by atoms with van der Waals surface area (Å²) in [6, 6.07) is 19.2. The number of benzene rings is 2. The lowest BCUT2D eigenvalue weighted by Gasteiger charge is -2.35. The molecule has 1 fully saturated rings. The molecule has 1 saturated heterocycles. The van der Waals surface area contributed by atoms with E-state index in [9.17, 15) is 5.11 Å². The van der Waals surface area contributed by atoms with Crippen LogP contribution in [0.3, 0.4) is 0 Å². The van der Waals surface area contributed by atoms with Crippen molar-refractivity contribution in [2.24, 2.45) is 0 Å². The number of piperidine rings is 1. The molecule has 146 valence electrons. The summed E-state index contributed by atoms with van der Waals surface area (Å²) in [5.41, 5.74) is 4.40. The van der Waals surface area contributed by atoms with Crippen LogP contribution in [0.4, 0.5) is 0 Å². The summed E-state index contributed by atoms with van der Waals surface area (Å²) in [4.78, 5) is 7.25. The van der Waals surface area contributed by atoms with Crippen molar-refractivity contribution in [3.63, 3.8) is 0 Å². The van der Waals surface area contributed by atoms with E-state index in [1.807, 2.05) is 13.0 Å². The van der Waals surface area contributed by atoms with Crippen LogP contribution in [0.5, 0.6) is 0 Å². The highest BCUT2D eigenvalue weighted by molar-refractivity contribution is 5.67. The minimum Gasteiger partial charge on any atom is -0.441 e. The van der Waals surface area contributed by atoms with E-state index < -0.39 is 0 Å². The monoisotopic (exact) mass is 376 g/mol. The Hall–Kier alpha value is -2.43. The van der Waals surface area contributed by atoms with Crippen LogP contribution in [0, 0.1) is 6.92 Å². The third-order valence-electron chi connectivity index (χ3n) is 5.70. The SMILES string of the molecule is Cc1oc(-c2ccc(-c3ccccc3)cc2)nc1CN1CCCCC1CCO. The van der Waals surface area contributed by atoms with Crippen LogP contribution in [0.15, 0.2) is 59.0 Å². The highest BCUT2D eigenvalue weighted by atomic mass is 16.4. The molecule has 0 radical (unpaired) electrons. The first kappa shape index (κ1) is 18.9. The topological polar surface area (TPSA) is 49.5 Å². The molecule has 1 aromatic heterocycles. The molecule has 0 saturated carbocycles. The predicted molar refractivity (Wildman–Crippen MR) is 112 cm³/mol. The molecule has 1 atom stereocenters. The Balaban J connectivity index is 1.51. The van der Waals surface area contributed by atoms with Gasteiger partial charge in [0.2, 0.25) is 5.89 Å². The van der Waals surface area contributed by atoms with Crippen LogP contribution in [0.25, 0.3) is 22.6 Å². The minimum absolute atomic E-state index is 0.248. The van der Waals surface area contributed by atoms with Gasteiger partial charge in [0.05, 0.1) is 5.69 Å². The van der Waals surface area contributed by atoms with Gasteiger partial charge in [0.1, 0.15) is 5.76 Å². The Morgan fingerprint density at radius 2 is 1.71 bits per heavy atom. The highest BCUT2D eigenvalue weighted by Gasteiger charge is 2.24. The molecule has 4 nitrogen and oxygen atoms in total. The zero-order chi connectivity index (χ0) is 19.3. The van der Waals surface area contributed by atoms with Crippen molar-refractivity contribution < 1.29 is 9.52 Å². The van der Waals surface area contributed by atoms with Gasteiger partial charge in [-0.25, -0.2) is 4.98 Å². The first-order chi connectivity index (χ1) is 13.7. The second kappa shape index (κ2) is 8.72. The quantitative estimate of drug-likeness (QED) is 0.654. The van der Waals surface area contributed by atoms with Gasteiger partial charge in [-0.3, -0.25) is 4.90 Å². The number of aliphatic hydroxyl groups excluding tert-OH is 1. The van der Waals surface area contributed by atoms with Gasteiger partial charge in [-0.1, -0.05) is 48.9 Å². The maximum absolute atomic E-state index is 9.35. The number of nitrogens with zero attached hydrogens (tertiary/aromatic N) is 2. The molecular formula is C24H28N2O2. The van der Waals surface area contributed by atoms with E-state index in [0.29, 0.717) is 11.9 Å². The van der Waals surface area contributed by atoms with Crippen LogP contribution in [-0.4, -0.2) is 34.2 Å². The predicted octanol–water partition coefficient (Wildman–Crippen LogP) is 5.05. The Morgan fingerprint density at radius 1 is 1.00 bits per heavy atom. The molecule has 2 heterocycles. The van der Waals surface area contributed by atoms with Crippen LogP contribution < -0.4 is 0 Å². The van der Waals surface area contributed by atoms with Crippen molar-refractivity contribution >= 4 is 0 Å². The number of hydrogen-bond donors (Lipinski definition) is 1. The molecule has 2 aromatic carbocycles. The van der Waals surface area contributed by atoms with E-state index in [1.54, 1.807) is 0 Å². The summed E-state index contributed by atoms with van der Waals surface area (Å²) in [6.45, 7) is 4.10. The zero-order valence-corrected chi connectivity index (χ0v) is 16.5. The Kier molecular flexibility index (Phi) is 5.89. The van der Waals surface area contributed by atoms with Gasteiger partial charge >= 0.3 is 0 Å². The molecule has 28 heavy (non-hydrogen) atoms. The fourth-order valence-electron chi connectivity index (χ4n) is 4.07. The fraction of sp³-hybridized carbons (Fsp3) is 0.375. The zero-order valence-electron chi connectivity index (χ0n) is 16.5. The average Bonchev–Trinajstić information content (AvgIpc) is 3.11. The van der Waals surface area contributed by atoms with E-state index in [4.69, 9.17) is 9.40 Å². The molecule has 1 aliphatic rings.